The smallest absolute Gasteiger partial charge is 0.321 e. The van der Waals surface area contributed by atoms with Gasteiger partial charge in [-0.15, -0.1) is 12.4 Å². The molecular weight excluding hydrogens is 340 g/mol. The highest BCUT2D eigenvalue weighted by Crippen LogP contribution is 2.22. The summed E-state index contributed by atoms with van der Waals surface area (Å²) in [6.45, 7) is 4.04. The molecule has 6 nitrogen and oxygen atoms in total. The zero-order valence-corrected chi connectivity index (χ0v) is 15.5. The van der Waals surface area contributed by atoms with Crippen molar-refractivity contribution in [3.05, 3.63) is 29.8 Å². The molecule has 0 spiro atoms. The van der Waals surface area contributed by atoms with E-state index in [4.69, 9.17) is 0 Å². The molecule has 2 N–H and O–H groups in total. The fourth-order valence-corrected chi connectivity index (χ4v) is 3.49. The van der Waals surface area contributed by atoms with Crippen molar-refractivity contribution in [1.29, 1.82) is 0 Å². The molecule has 3 amide bonds. The lowest BCUT2D eigenvalue weighted by Gasteiger charge is -2.32. The number of piperidine rings is 1. The molecule has 0 aliphatic carbocycles. The molecule has 2 aliphatic rings. The van der Waals surface area contributed by atoms with Crippen molar-refractivity contribution in [2.45, 2.75) is 19.3 Å². The molecule has 0 radical (unpaired) electrons. The number of hydrogen-bond donors (Lipinski definition) is 2. The number of urea groups is 1. The van der Waals surface area contributed by atoms with Gasteiger partial charge in [0.05, 0.1) is 0 Å². The van der Waals surface area contributed by atoms with Gasteiger partial charge in [0.2, 0.25) is 0 Å². The number of halogens is 1. The molecule has 1 aromatic carbocycles. The van der Waals surface area contributed by atoms with Gasteiger partial charge in [0.1, 0.15) is 0 Å². The Morgan fingerprint density at radius 3 is 2.72 bits per heavy atom. The SMILES string of the molecule is CNCC1CCN(C(=O)c2cccc(N3CCCNC3=O)c2)CC1.Cl. The molecule has 7 heteroatoms. The third-order valence-electron chi connectivity index (χ3n) is 4.88. The third-order valence-corrected chi connectivity index (χ3v) is 4.88. The van der Waals surface area contributed by atoms with Crippen molar-refractivity contribution in [2.75, 3.05) is 44.7 Å². The van der Waals surface area contributed by atoms with Crippen LogP contribution in [0, 0.1) is 5.92 Å². The standard InChI is InChI=1S/C18H26N4O2.ClH/c1-19-13-14-6-10-21(11-7-14)17(23)15-4-2-5-16(12-15)22-9-3-8-20-18(22)24;/h2,4-5,12,14,19H,3,6-11,13H2,1H3,(H,20,24);1H. The minimum atomic E-state index is -0.0845. The van der Waals surface area contributed by atoms with Crippen LogP contribution in [0.15, 0.2) is 24.3 Å². The van der Waals surface area contributed by atoms with E-state index in [2.05, 4.69) is 10.6 Å². The molecule has 0 atom stereocenters. The molecule has 0 unspecified atom stereocenters. The van der Waals surface area contributed by atoms with Gasteiger partial charge in [0.25, 0.3) is 5.91 Å². The molecular formula is C18H27ClN4O2. The number of nitrogens with one attached hydrogen (secondary N) is 2. The Morgan fingerprint density at radius 2 is 2.04 bits per heavy atom. The Hall–Kier alpha value is -1.79. The molecule has 3 rings (SSSR count). The predicted octanol–water partition coefficient (Wildman–Crippen LogP) is 2.10. The van der Waals surface area contributed by atoms with E-state index in [0.29, 0.717) is 18.0 Å². The monoisotopic (exact) mass is 366 g/mol. The number of likely N-dealkylation sites (tertiary alicyclic amines) is 1. The summed E-state index contributed by atoms with van der Waals surface area (Å²) in [5, 5.41) is 6.06. The summed E-state index contributed by atoms with van der Waals surface area (Å²) < 4.78 is 0. The maximum atomic E-state index is 12.8. The van der Waals surface area contributed by atoms with Gasteiger partial charge < -0.3 is 15.5 Å². The second kappa shape index (κ2) is 9.06. The fourth-order valence-electron chi connectivity index (χ4n) is 3.49. The van der Waals surface area contributed by atoms with Crippen molar-refractivity contribution in [1.82, 2.24) is 15.5 Å². The number of benzene rings is 1. The minimum Gasteiger partial charge on any atom is -0.339 e. The van der Waals surface area contributed by atoms with E-state index in [1.54, 1.807) is 4.90 Å². The van der Waals surface area contributed by atoms with Crippen LogP contribution in [-0.2, 0) is 0 Å². The highest BCUT2D eigenvalue weighted by atomic mass is 35.5. The van der Waals surface area contributed by atoms with Gasteiger partial charge in [-0.25, -0.2) is 4.79 Å². The number of carbonyl (C=O) groups is 2. The maximum absolute atomic E-state index is 12.8. The lowest BCUT2D eigenvalue weighted by atomic mass is 9.96. The quantitative estimate of drug-likeness (QED) is 0.857. The van der Waals surface area contributed by atoms with E-state index in [1.807, 2.05) is 36.2 Å². The maximum Gasteiger partial charge on any atom is 0.321 e. The topological polar surface area (TPSA) is 64.7 Å². The summed E-state index contributed by atoms with van der Waals surface area (Å²) >= 11 is 0. The van der Waals surface area contributed by atoms with Crippen LogP contribution in [0.2, 0.25) is 0 Å². The molecule has 0 aromatic heterocycles. The van der Waals surface area contributed by atoms with Crippen LogP contribution >= 0.6 is 12.4 Å². The molecule has 0 saturated carbocycles. The molecule has 0 bridgehead atoms. The number of carbonyl (C=O) groups excluding carboxylic acids is 2. The van der Waals surface area contributed by atoms with Gasteiger partial charge in [-0.05, 0) is 57.0 Å². The average molecular weight is 367 g/mol. The van der Waals surface area contributed by atoms with E-state index in [9.17, 15) is 9.59 Å². The zero-order chi connectivity index (χ0) is 16.9. The first-order valence-corrected chi connectivity index (χ1v) is 8.78. The van der Waals surface area contributed by atoms with Crippen LogP contribution in [0.3, 0.4) is 0 Å². The highest BCUT2D eigenvalue weighted by Gasteiger charge is 2.24. The minimum absolute atomic E-state index is 0. The summed E-state index contributed by atoms with van der Waals surface area (Å²) in [7, 11) is 1.97. The number of nitrogens with zero attached hydrogens (tertiary/aromatic N) is 2. The Kier molecular flexibility index (Phi) is 7.08. The predicted molar refractivity (Wildman–Crippen MR) is 102 cm³/mol. The van der Waals surface area contributed by atoms with Crippen LogP contribution in [0.25, 0.3) is 0 Å². The van der Waals surface area contributed by atoms with Crippen LogP contribution < -0.4 is 15.5 Å². The summed E-state index contributed by atoms with van der Waals surface area (Å²) in [6, 6.07) is 7.35. The molecule has 1 aromatic rings. The van der Waals surface area contributed by atoms with E-state index in [-0.39, 0.29) is 24.3 Å². The largest absolute Gasteiger partial charge is 0.339 e. The van der Waals surface area contributed by atoms with Crippen LogP contribution in [0.1, 0.15) is 29.6 Å². The number of amides is 3. The van der Waals surface area contributed by atoms with Gasteiger partial charge in [-0.3, -0.25) is 9.69 Å². The summed E-state index contributed by atoms with van der Waals surface area (Å²) in [5.41, 5.74) is 1.46. The fraction of sp³-hybridized carbons (Fsp3) is 0.556. The summed E-state index contributed by atoms with van der Waals surface area (Å²) in [5.74, 6) is 0.722. The van der Waals surface area contributed by atoms with Gasteiger partial charge >= 0.3 is 6.03 Å². The molecule has 2 aliphatic heterocycles. The highest BCUT2D eigenvalue weighted by molar-refractivity contribution is 5.98. The van der Waals surface area contributed by atoms with Crippen LogP contribution in [0.5, 0.6) is 0 Å². The molecule has 2 heterocycles. The Morgan fingerprint density at radius 1 is 1.28 bits per heavy atom. The van der Waals surface area contributed by atoms with Crippen molar-refractivity contribution < 1.29 is 9.59 Å². The van der Waals surface area contributed by atoms with Gasteiger partial charge in [-0.2, -0.15) is 0 Å². The zero-order valence-electron chi connectivity index (χ0n) is 14.7. The Labute approximate surface area is 155 Å². The number of anilines is 1. The van der Waals surface area contributed by atoms with Crippen LogP contribution in [-0.4, -0.2) is 56.6 Å². The van der Waals surface area contributed by atoms with Crippen molar-refractivity contribution in [3.8, 4) is 0 Å². The van der Waals surface area contributed by atoms with Crippen LogP contribution in [0.4, 0.5) is 10.5 Å². The van der Waals surface area contributed by atoms with Gasteiger partial charge in [0, 0.05) is 37.4 Å². The second-order valence-corrected chi connectivity index (χ2v) is 6.58. The van der Waals surface area contributed by atoms with E-state index in [0.717, 1.165) is 51.1 Å². The second-order valence-electron chi connectivity index (χ2n) is 6.58. The normalized spacial score (nSPS) is 18.5. The Bertz CT molecular complexity index is 602. The summed E-state index contributed by atoms with van der Waals surface area (Å²) in [6.07, 6.45) is 3.00. The third kappa shape index (κ3) is 4.64. The van der Waals surface area contributed by atoms with E-state index < -0.39 is 0 Å². The summed E-state index contributed by atoms with van der Waals surface area (Å²) in [4.78, 5) is 28.4. The van der Waals surface area contributed by atoms with Gasteiger partial charge in [0.15, 0.2) is 0 Å². The number of rotatable bonds is 4. The molecule has 2 fully saturated rings. The number of hydrogen-bond acceptors (Lipinski definition) is 3. The van der Waals surface area contributed by atoms with E-state index >= 15 is 0 Å². The first kappa shape index (κ1) is 19.5. The average Bonchev–Trinajstić information content (AvgIpc) is 2.62. The first-order valence-electron chi connectivity index (χ1n) is 8.78. The van der Waals surface area contributed by atoms with Crippen molar-refractivity contribution in [2.24, 2.45) is 5.92 Å². The lowest BCUT2D eigenvalue weighted by Crippen LogP contribution is -2.46. The molecule has 25 heavy (non-hydrogen) atoms. The van der Waals surface area contributed by atoms with Crippen molar-refractivity contribution >= 4 is 30.0 Å². The molecule has 2 saturated heterocycles. The van der Waals surface area contributed by atoms with Gasteiger partial charge in [-0.1, -0.05) is 6.07 Å². The lowest BCUT2D eigenvalue weighted by molar-refractivity contribution is 0.0691. The Balaban J connectivity index is 0.00000225. The van der Waals surface area contributed by atoms with E-state index in [1.165, 1.54) is 0 Å². The molecule has 138 valence electrons. The first-order chi connectivity index (χ1) is 11.7. The van der Waals surface area contributed by atoms with Crippen molar-refractivity contribution in [3.63, 3.8) is 0 Å².